The second-order valence-corrected chi connectivity index (χ2v) is 5.80. The fraction of sp³-hybridized carbons (Fsp3) is 1.00. The summed E-state index contributed by atoms with van der Waals surface area (Å²) < 4.78 is 0. The van der Waals surface area contributed by atoms with Crippen LogP contribution in [-0.4, -0.2) is 31.1 Å². The molecule has 88 valence electrons. The lowest BCUT2D eigenvalue weighted by Crippen LogP contribution is -2.36. The first-order chi connectivity index (χ1) is 7.20. The van der Waals surface area contributed by atoms with Crippen LogP contribution in [0, 0.1) is 17.8 Å². The van der Waals surface area contributed by atoms with Gasteiger partial charge >= 0.3 is 0 Å². The molecule has 2 aliphatic rings. The molecule has 0 amide bonds. The molecule has 4 unspecified atom stereocenters. The van der Waals surface area contributed by atoms with Crippen LogP contribution in [0.5, 0.6) is 0 Å². The van der Waals surface area contributed by atoms with Gasteiger partial charge in [-0.3, -0.25) is 0 Å². The van der Waals surface area contributed by atoms with E-state index in [4.69, 9.17) is 5.73 Å². The predicted octanol–water partition coefficient (Wildman–Crippen LogP) is 2.09. The van der Waals surface area contributed by atoms with Crippen LogP contribution < -0.4 is 5.73 Å². The van der Waals surface area contributed by atoms with E-state index in [1.54, 1.807) is 0 Å². The van der Waals surface area contributed by atoms with Crippen LogP contribution in [0.4, 0.5) is 0 Å². The van der Waals surface area contributed by atoms with Gasteiger partial charge in [0.15, 0.2) is 0 Å². The van der Waals surface area contributed by atoms with Crippen LogP contribution in [0.3, 0.4) is 0 Å². The molecule has 0 radical (unpaired) electrons. The lowest BCUT2D eigenvalue weighted by Gasteiger charge is -2.31. The maximum absolute atomic E-state index is 5.61. The summed E-state index contributed by atoms with van der Waals surface area (Å²) in [5.74, 6) is 3.13. The number of nitrogens with zero attached hydrogens (tertiary/aromatic N) is 1. The summed E-state index contributed by atoms with van der Waals surface area (Å²) >= 11 is 0. The molecule has 2 aliphatic carbocycles. The Morgan fingerprint density at radius 1 is 1.33 bits per heavy atom. The Labute approximate surface area is 94.2 Å². The van der Waals surface area contributed by atoms with Crippen LogP contribution in [0.15, 0.2) is 0 Å². The van der Waals surface area contributed by atoms with Crippen molar-refractivity contribution in [3.8, 4) is 0 Å². The fourth-order valence-corrected chi connectivity index (χ4v) is 3.61. The van der Waals surface area contributed by atoms with Gasteiger partial charge in [0.1, 0.15) is 0 Å². The molecule has 4 atom stereocenters. The summed E-state index contributed by atoms with van der Waals surface area (Å²) in [6.45, 7) is 4.44. The van der Waals surface area contributed by atoms with Gasteiger partial charge in [0, 0.05) is 12.6 Å². The van der Waals surface area contributed by atoms with E-state index < -0.39 is 0 Å². The number of fused-ring (bicyclic) bond motifs is 2. The van der Waals surface area contributed by atoms with Gasteiger partial charge < -0.3 is 10.6 Å². The van der Waals surface area contributed by atoms with E-state index in [0.717, 1.165) is 30.7 Å². The molecule has 0 aromatic heterocycles. The minimum Gasteiger partial charge on any atom is -0.330 e. The van der Waals surface area contributed by atoms with Gasteiger partial charge in [0.25, 0.3) is 0 Å². The van der Waals surface area contributed by atoms with Crippen molar-refractivity contribution in [1.82, 2.24) is 4.90 Å². The van der Waals surface area contributed by atoms with Crippen molar-refractivity contribution < 1.29 is 0 Å². The Morgan fingerprint density at radius 2 is 2.13 bits per heavy atom. The molecule has 0 spiro atoms. The van der Waals surface area contributed by atoms with Gasteiger partial charge in [-0.15, -0.1) is 0 Å². The topological polar surface area (TPSA) is 29.3 Å². The van der Waals surface area contributed by atoms with Crippen molar-refractivity contribution >= 4 is 0 Å². The Hall–Kier alpha value is -0.0800. The van der Waals surface area contributed by atoms with Crippen molar-refractivity contribution in [3.05, 3.63) is 0 Å². The number of nitrogens with two attached hydrogens (primary N) is 1. The summed E-state index contributed by atoms with van der Waals surface area (Å²) in [4.78, 5) is 2.53. The molecule has 2 N–H and O–H groups in total. The maximum Gasteiger partial charge on any atom is 0.00760 e. The lowest BCUT2D eigenvalue weighted by molar-refractivity contribution is 0.176. The predicted molar refractivity (Wildman–Crippen MR) is 64.7 cm³/mol. The molecule has 0 saturated heterocycles. The highest BCUT2D eigenvalue weighted by molar-refractivity contribution is 4.91. The molecule has 2 nitrogen and oxygen atoms in total. The first kappa shape index (κ1) is 11.4. The number of hydrogen-bond donors (Lipinski definition) is 1. The number of hydrogen-bond acceptors (Lipinski definition) is 2. The average Bonchev–Trinajstić information content (AvgIpc) is 2.79. The third-order valence-corrected chi connectivity index (χ3v) is 4.74. The summed E-state index contributed by atoms with van der Waals surface area (Å²) in [5, 5.41) is 0. The molecule has 2 bridgehead atoms. The summed E-state index contributed by atoms with van der Waals surface area (Å²) in [6, 6.07) is 0.661. The van der Waals surface area contributed by atoms with Gasteiger partial charge in [-0.05, 0) is 64.0 Å². The van der Waals surface area contributed by atoms with Gasteiger partial charge in [-0.2, -0.15) is 0 Å². The van der Waals surface area contributed by atoms with E-state index in [-0.39, 0.29) is 0 Å². The third-order valence-electron chi connectivity index (χ3n) is 4.74. The quantitative estimate of drug-likeness (QED) is 0.753. The molecule has 2 heteroatoms. The smallest absolute Gasteiger partial charge is 0.00760 e. The Balaban J connectivity index is 1.77. The Morgan fingerprint density at radius 3 is 2.67 bits per heavy atom. The first-order valence-electron chi connectivity index (χ1n) is 6.61. The standard InChI is InChI=1S/C13H26N2/c1-10(5-6-14)15(2)9-13-8-11-3-4-12(13)7-11/h10-13H,3-9,14H2,1-2H3. The third kappa shape index (κ3) is 2.54. The molecular weight excluding hydrogens is 184 g/mol. The van der Waals surface area contributed by atoms with Crippen LogP contribution >= 0.6 is 0 Å². The lowest BCUT2D eigenvalue weighted by atomic mass is 9.88. The van der Waals surface area contributed by atoms with Gasteiger partial charge in [-0.1, -0.05) is 6.42 Å². The first-order valence-corrected chi connectivity index (χ1v) is 6.61. The van der Waals surface area contributed by atoms with Gasteiger partial charge in [0.2, 0.25) is 0 Å². The monoisotopic (exact) mass is 210 g/mol. The van der Waals surface area contributed by atoms with E-state index in [1.165, 1.54) is 32.2 Å². The van der Waals surface area contributed by atoms with E-state index in [0.29, 0.717) is 6.04 Å². The van der Waals surface area contributed by atoms with Crippen molar-refractivity contribution in [2.24, 2.45) is 23.5 Å². The highest BCUT2D eigenvalue weighted by Gasteiger charge is 2.39. The Bertz CT molecular complexity index is 205. The molecule has 2 fully saturated rings. The normalized spacial score (nSPS) is 36.4. The maximum atomic E-state index is 5.61. The molecule has 0 aromatic rings. The van der Waals surface area contributed by atoms with Gasteiger partial charge in [0.05, 0.1) is 0 Å². The molecule has 2 rings (SSSR count). The second kappa shape index (κ2) is 4.84. The zero-order valence-corrected chi connectivity index (χ0v) is 10.3. The fourth-order valence-electron chi connectivity index (χ4n) is 3.61. The molecule has 15 heavy (non-hydrogen) atoms. The van der Waals surface area contributed by atoms with Crippen molar-refractivity contribution in [1.29, 1.82) is 0 Å². The largest absolute Gasteiger partial charge is 0.330 e. The average molecular weight is 210 g/mol. The Kier molecular flexibility index (Phi) is 3.68. The minimum atomic E-state index is 0.661. The van der Waals surface area contributed by atoms with Crippen molar-refractivity contribution in [3.63, 3.8) is 0 Å². The molecule has 2 saturated carbocycles. The number of rotatable bonds is 5. The van der Waals surface area contributed by atoms with Crippen molar-refractivity contribution in [2.75, 3.05) is 20.1 Å². The second-order valence-electron chi connectivity index (χ2n) is 5.80. The summed E-state index contributed by atoms with van der Waals surface area (Å²) in [6.07, 6.45) is 7.20. The summed E-state index contributed by atoms with van der Waals surface area (Å²) in [5.41, 5.74) is 5.61. The zero-order valence-electron chi connectivity index (χ0n) is 10.3. The summed E-state index contributed by atoms with van der Waals surface area (Å²) in [7, 11) is 2.27. The SMILES string of the molecule is CC(CCN)N(C)CC1CC2CCC1C2. The highest BCUT2D eigenvalue weighted by atomic mass is 15.1. The van der Waals surface area contributed by atoms with E-state index in [1.807, 2.05) is 0 Å². The van der Waals surface area contributed by atoms with E-state index >= 15 is 0 Å². The molecular formula is C13H26N2. The molecule has 0 heterocycles. The highest BCUT2D eigenvalue weighted by Crippen LogP contribution is 2.48. The van der Waals surface area contributed by atoms with Crippen LogP contribution in [0.1, 0.15) is 39.0 Å². The van der Waals surface area contributed by atoms with E-state index in [2.05, 4.69) is 18.9 Å². The molecule has 0 aliphatic heterocycles. The van der Waals surface area contributed by atoms with Crippen molar-refractivity contribution in [2.45, 2.75) is 45.1 Å². The van der Waals surface area contributed by atoms with Gasteiger partial charge in [-0.25, -0.2) is 0 Å². The zero-order chi connectivity index (χ0) is 10.8. The van der Waals surface area contributed by atoms with Crippen LogP contribution in [0.25, 0.3) is 0 Å². The van der Waals surface area contributed by atoms with Crippen LogP contribution in [-0.2, 0) is 0 Å². The minimum absolute atomic E-state index is 0.661. The molecule has 0 aromatic carbocycles. The van der Waals surface area contributed by atoms with Crippen LogP contribution in [0.2, 0.25) is 0 Å². The van der Waals surface area contributed by atoms with E-state index in [9.17, 15) is 0 Å².